The van der Waals surface area contributed by atoms with Crippen LogP contribution in [0.1, 0.15) is 17.2 Å². The van der Waals surface area contributed by atoms with Crippen molar-refractivity contribution in [1.82, 2.24) is 14.7 Å². The second kappa shape index (κ2) is 11.8. The van der Waals surface area contributed by atoms with Crippen molar-refractivity contribution >= 4 is 23.6 Å². The van der Waals surface area contributed by atoms with Gasteiger partial charge in [0.25, 0.3) is 0 Å². The average Bonchev–Trinajstić information content (AvgIpc) is 2.87. The highest BCUT2D eigenvalue weighted by molar-refractivity contribution is 8.00. The van der Waals surface area contributed by atoms with Crippen LogP contribution in [0, 0.1) is 11.6 Å². The number of halogens is 2. The van der Waals surface area contributed by atoms with E-state index < -0.39 is 0 Å². The normalized spacial score (nSPS) is 17.3. The molecule has 0 bridgehead atoms. The van der Waals surface area contributed by atoms with E-state index in [9.17, 15) is 18.4 Å². The number of rotatable bonds is 7. The van der Waals surface area contributed by atoms with E-state index in [2.05, 4.69) is 4.90 Å². The zero-order chi connectivity index (χ0) is 23.9. The van der Waals surface area contributed by atoms with E-state index in [0.29, 0.717) is 58.2 Å². The molecule has 2 aromatic carbocycles. The number of hydrogen-bond donors (Lipinski definition) is 0. The largest absolute Gasteiger partial charge is 0.378 e. The summed E-state index contributed by atoms with van der Waals surface area (Å²) in [5.41, 5.74) is 1.84. The van der Waals surface area contributed by atoms with E-state index in [0.717, 1.165) is 11.1 Å². The lowest BCUT2D eigenvalue weighted by Crippen LogP contribution is -2.50. The number of thioether (sulfide) groups is 1. The predicted molar refractivity (Wildman–Crippen MR) is 128 cm³/mol. The van der Waals surface area contributed by atoms with Gasteiger partial charge in [0.2, 0.25) is 11.8 Å². The monoisotopic (exact) mass is 489 g/mol. The molecule has 0 radical (unpaired) electrons. The van der Waals surface area contributed by atoms with Crippen molar-refractivity contribution in [2.45, 2.75) is 6.04 Å². The molecule has 2 heterocycles. The van der Waals surface area contributed by atoms with E-state index in [1.54, 1.807) is 29.2 Å². The quantitative estimate of drug-likeness (QED) is 0.599. The molecule has 6 nitrogen and oxygen atoms in total. The third kappa shape index (κ3) is 6.34. The number of amides is 2. The van der Waals surface area contributed by atoms with Crippen LogP contribution in [0.2, 0.25) is 0 Å². The van der Waals surface area contributed by atoms with Crippen molar-refractivity contribution in [3.63, 3.8) is 0 Å². The molecular weight excluding hydrogens is 460 g/mol. The Morgan fingerprint density at radius 3 is 1.65 bits per heavy atom. The van der Waals surface area contributed by atoms with Crippen LogP contribution < -0.4 is 0 Å². The van der Waals surface area contributed by atoms with E-state index in [4.69, 9.17) is 4.74 Å². The van der Waals surface area contributed by atoms with Gasteiger partial charge in [0.1, 0.15) is 11.6 Å². The van der Waals surface area contributed by atoms with Crippen LogP contribution in [0.25, 0.3) is 0 Å². The Morgan fingerprint density at radius 1 is 0.735 bits per heavy atom. The van der Waals surface area contributed by atoms with Crippen LogP contribution >= 0.6 is 11.8 Å². The first-order valence-corrected chi connectivity index (χ1v) is 12.6. The van der Waals surface area contributed by atoms with Gasteiger partial charge in [-0.15, -0.1) is 11.8 Å². The highest BCUT2D eigenvalue weighted by atomic mass is 32.2. The minimum atomic E-state index is -0.304. The van der Waals surface area contributed by atoms with Crippen LogP contribution in [0.15, 0.2) is 48.5 Å². The summed E-state index contributed by atoms with van der Waals surface area (Å²) in [5, 5.41) is 0. The average molecular weight is 490 g/mol. The molecule has 4 rings (SSSR count). The summed E-state index contributed by atoms with van der Waals surface area (Å²) in [7, 11) is 0. The summed E-state index contributed by atoms with van der Waals surface area (Å²) >= 11 is 1.35. The van der Waals surface area contributed by atoms with Crippen LogP contribution in [0.5, 0.6) is 0 Å². The molecule has 34 heavy (non-hydrogen) atoms. The van der Waals surface area contributed by atoms with Gasteiger partial charge in [-0.05, 0) is 35.4 Å². The molecule has 182 valence electrons. The molecule has 2 fully saturated rings. The predicted octanol–water partition coefficient (Wildman–Crippen LogP) is 2.79. The second-order valence-corrected chi connectivity index (χ2v) is 9.39. The summed E-state index contributed by atoms with van der Waals surface area (Å²) in [6.07, 6.45) is 0. The zero-order valence-electron chi connectivity index (χ0n) is 19.0. The van der Waals surface area contributed by atoms with Crippen molar-refractivity contribution in [3.8, 4) is 0 Å². The smallest absolute Gasteiger partial charge is 0.232 e. The van der Waals surface area contributed by atoms with Gasteiger partial charge in [-0.3, -0.25) is 14.5 Å². The number of benzene rings is 2. The van der Waals surface area contributed by atoms with Gasteiger partial charge in [-0.25, -0.2) is 8.78 Å². The number of piperazine rings is 1. The lowest BCUT2D eigenvalue weighted by atomic mass is 9.96. The highest BCUT2D eigenvalue weighted by Crippen LogP contribution is 2.30. The van der Waals surface area contributed by atoms with Crippen molar-refractivity contribution in [3.05, 3.63) is 71.3 Å². The maximum Gasteiger partial charge on any atom is 0.232 e. The van der Waals surface area contributed by atoms with Crippen molar-refractivity contribution in [2.75, 3.05) is 64.0 Å². The lowest BCUT2D eigenvalue weighted by Gasteiger charge is -2.39. The first-order chi connectivity index (χ1) is 16.5. The van der Waals surface area contributed by atoms with Crippen molar-refractivity contribution in [1.29, 1.82) is 0 Å². The third-order valence-corrected chi connectivity index (χ3v) is 7.12. The number of ether oxygens (including phenoxy) is 1. The van der Waals surface area contributed by atoms with Gasteiger partial charge in [-0.2, -0.15) is 0 Å². The Bertz CT molecular complexity index is 915. The summed E-state index contributed by atoms with van der Waals surface area (Å²) in [6, 6.07) is 12.6. The number of carbonyl (C=O) groups excluding carboxylic acids is 2. The zero-order valence-corrected chi connectivity index (χ0v) is 19.8. The van der Waals surface area contributed by atoms with Gasteiger partial charge in [0.15, 0.2) is 0 Å². The number of hydrogen-bond acceptors (Lipinski definition) is 5. The molecule has 0 N–H and O–H groups in total. The molecule has 0 atom stereocenters. The summed E-state index contributed by atoms with van der Waals surface area (Å²) in [5.74, 6) is 0.0355. The molecular formula is C25H29F2N3O3S. The molecule has 0 spiro atoms. The topological polar surface area (TPSA) is 53.1 Å². The number of morpholine rings is 1. The molecule has 0 unspecified atom stereocenters. The standard InChI is InChI=1S/C25H29F2N3O3S/c26-21-5-1-19(2-6-21)25(20-3-7-22(27)8-4-20)30-11-9-28(10-12-30)23(31)17-34-18-24(32)29-13-15-33-16-14-29/h1-8,25H,9-18H2. The molecule has 0 aromatic heterocycles. The molecule has 9 heteroatoms. The Labute approximate surface area is 202 Å². The fourth-order valence-electron chi connectivity index (χ4n) is 4.35. The summed E-state index contributed by atoms with van der Waals surface area (Å²) < 4.78 is 32.3. The Balaban J connectivity index is 1.32. The second-order valence-electron chi connectivity index (χ2n) is 8.41. The highest BCUT2D eigenvalue weighted by Gasteiger charge is 2.28. The van der Waals surface area contributed by atoms with Crippen molar-refractivity contribution in [2.24, 2.45) is 0 Å². The van der Waals surface area contributed by atoms with Gasteiger partial charge in [0.05, 0.1) is 30.8 Å². The first kappa shape index (κ1) is 24.6. The van der Waals surface area contributed by atoms with Gasteiger partial charge >= 0.3 is 0 Å². The van der Waals surface area contributed by atoms with Crippen LogP contribution in [0.3, 0.4) is 0 Å². The Kier molecular flexibility index (Phi) is 8.53. The van der Waals surface area contributed by atoms with E-state index in [-0.39, 0.29) is 35.2 Å². The lowest BCUT2D eigenvalue weighted by molar-refractivity contribution is -0.132. The minimum Gasteiger partial charge on any atom is -0.378 e. The maximum absolute atomic E-state index is 13.5. The summed E-state index contributed by atoms with van der Waals surface area (Å²) in [6.45, 7) is 4.76. The fourth-order valence-corrected chi connectivity index (χ4v) is 5.17. The first-order valence-electron chi connectivity index (χ1n) is 11.5. The Hall–Kier alpha value is -2.49. The molecule has 2 aliphatic heterocycles. The minimum absolute atomic E-state index is 0.0274. The number of carbonyl (C=O) groups is 2. The fraction of sp³-hybridized carbons (Fsp3) is 0.440. The van der Waals surface area contributed by atoms with Crippen LogP contribution in [0.4, 0.5) is 8.78 Å². The van der Waals surface area contributed by atoms with Gasteiger partial charge < -0.3 is 14.5 Å². The molecule has 2 amide bonds. The van der Waals surface area contributed by atoms with E-state index in [1.807, 2.05) is 4.90 Å². The SMILES string of the molecule is O=C(CSCC(=O)N1CCN(C(c2ccc(F)cc2)c2ccc(F)cc2)CC1)N1CCOCC1. The summed E-state index contributed by atoms with van der Waals surface area (Å²) in [4.78, 5) is 30.8. The van der Waals surface area contributed by atoms with E-state index >= 15 is 0 Å². The van der Waals surface area contributed by atoms with Crippen LogP contribution in [-0.4, -0.2) is 90.5 Å². The van der Waals surface area contributed by atoms with Gasteiger partial charge in [-0.1, -0.05) is 24.3 Å². The molecule has 2 aliphatic rings. The molecule has 2 aromatic rings. The maximum atomic E-state index is 13.5. The van der Waals surface area contributed by atoms with Crippen LogP contribution in [-0.2, 0) is 14.3 Å². The molecule has 0 saturated carbocycles. The Morgan fingerprint density at radius 2 is 1.18 bits per heavy atom. The third-order valence-electron chi connectivity index (χ3n) is 6.22. The van der Waals surface area contributed by atoms with E-state index in [1.165, 1.54) is 36.0 Å². The number of nitrogens with zero attached hydrogens (tertiary/aromatic N) is 3. The molecule has 0 aliphatic carbocycles. The molecule has 2 saturated heterocycles. The van der Waals surface area contributed by atoms with Crippen molar-refractivity contribution < 1.29 is 23.1 Å². The van der Waals surface area contributed by atoms with Gasteiger partial charge in [0, 0.05) is 39.3 Å².